The van der Waals surface area contributed by atoms with Crippen molar-refractivity contribution in [3.05, 3.63) is 77.4 Å². The van der Waals surface area contributed by atoms with Gasteiger partial charge in [-0.2, -0.15) is 0 Å². The van der Waals surface area contributed by atoms with Crippen molar-refractivity contribution in [2.45, 2.75) is 13.3 Å². The third-order valence-corrected chi connectivity index (χ3v) is 5.26. The predicted molar refractivity (Wildman–Crippen MR) is 124 cm³/mol. The number of esters is 1. The summed E-state index contributed by atoms with van der Waals surface area (Å²) in [6.45, 7) is 1.64. The summed E-state index contributed by atoms with van der Waals surface area (Å²) in [4.78, 5) is 62.7. The Morgan fingerprint density at radius 3 is 2.09 bits per heavy atom. The number of ether oxygens (including phenoxy) is 1. The first-order valence-electron chi connectivity index (χ1n) is 10.7. The van der Waals surface area contributed by atoms with Crippen molar-refractivity contribution in [2.75, 3.05) is 18.1 Å². The molecule has 0 saturated carbocycles. The fourth-order valence-electron chi connectivity index (χ4n) is 3.67. The largest absolute Gasteiger partial charge is 0.452 e. The molecule has 0 spiro atoms. The van der Waals surface area contributed by atoms with Gasteiger partial charge >= 0.3 is 12.0 Å². The van der Waals surface area contributed by atoms with Crippen molar-refractivity contribution >= 4 is 46.2 Å². The van der Waals surface area contributed by atoms with E-state index >= 15 is 0 Å². The van der Waals surface area contributed by atoms with Crippen LogP contribution in [0.3, 0.4) is 0 Å². The van der Waals surface area contributed by atoms with Crippen LogP contribution in [0.2, 0.25) is 0 Å². The van der Waals surface area contributed by atoms with E-state index in [2.05, 4.69) is 10.6 Å². The van der Waals surface area contributed by atoms with Gasteiger partial charge in [-0.1, -0.05) is 31.2 Å². The predicted octanol–water partition coefficient (Wildman–Crippen LogP) is 3.03. The first kappa shape index (κ1) is 22.7. The van der Waals surface area contributed by atoms with Gasteiger partial charge in [0.05, 0.1) is 11.3 Å². The number of hydrogen-bond donors (Lipinski definition) is 2. The standard InChI is InChI=1S/C25H21N3O6/c1-2-13-26-25(33)27-20(29)14-34-24(32)16-9-11-17(12-10-16)28-22(30)18-7-3-5-15-6-4-8-19(21(15)18)23(28)31/h3-12H,2,13-14H2,1H3,(H2,26,27,29,33). The number of urea groups is 1. The summed E-state index contributed by atoms with van der Waals surface area (Å²) >= 11 is 0. The second-order valence-corrected chi connectivity index (χ2v) is 7.58. The molecule has 1 heterocycles. The first-order valence-corrected chi connectivity index (χ1v) is 10.7. The summed E-state index contributed by atoms with van der Waals surface area (Å²) in [5.74, 6) is -2.47. The van der Waals surface area contributed by atoms with Crippen LogP contribution in [-0.4, -0.2) is 42.9 Å². The van der Waals surface area contributed by atoms with Crippen LogP contribution in [0.1, 0.15) is 44.4 Å². The Hall–Kier alpha value is -4.53. The zero-order valence-corrected chi connectivity index (χ0v) is 18.3. The van der Waals surface area contributed by atoms with Crippen molar-refractivity contribution < 1.29 is 28.7 Å². The zero-order valence-electron chi connectivity index (χ0n) is 18.3. The molecule has 1 aliphatic heterocycles. The molecule has 34 heavy (non-hydrogen) atoms. The Morgan fingerprint density at radius 2 is 1.50 bits per heavy atom. The summed E-state index contributed by atoms with van der Waals surface area (Å²) < 4.78 is 4.93. The van der Waals surface area contributed by atoms with Crippen LogP contribution in [0.25, 0.3) is 10.8 Å². The summed E-state index contributed by atoms with van der Waals surface area (Å²) in [6.07, 6.45) is 0.712. The van der Waals surface area contributed by atoms with Gasteiger partial charge < -0.3 is 10.1 Å². The van der Waals surface area contributed by atoms with Gasteiger partial charge in [0.15, 0.2) is 6.61 Å². The normalized spacial score (nSPS) is 12.4. The van der Waals surface area contributed by atoms with Gasteiger partial charge in [0.1, 0.15) is 0 Å². The van der Waals surface area contributed by atoms with Crippen molar-refractivity contribution in [1.82, 2.24) is 10.6 Å². The van der Waals surface area contributed by atoms with E-state index in [0.29, 0.717) is 35.2 Å². The fourth-order valence-corrected chi connectivity index (χ4v) is 3.67. The molecule has 0 radical (unpaired) electrons. The molecular formula is C25H21N3O6. The van der Waals surface area contributed by atoms with Gasteiger partial charge in [-0.05, 0) is 48.2 Å². The molecule has 9 heteroatoms. The quantitative estimate of drug-likeness (QED) is 0.432. The van der Waals surface area contributed by atoms with Gasteiger partial charge in [-0.15, -0.1) is 0 Å². The molecule has 3 aromatic rings. The highest BCUT2D eigenvalue weighted by Gasteiger charge is 2.33. The highest BCUT2D eigenvalue weighted by molar-refractivity contribution is 6.35. The van der Waals surface area contributed by atoms with Crippen LogP contribution < -0.4 is 15.5 Å². The fraction of sp³-hybridized carbons (Fsp3) is 0.160. The van der Waals surface area contributed by atoms with E-state index in [1.54, 1.807) is 24.3 Å². The van der Waals surface area contributed by atoms with Crippen LogP contribution in [0.5, 0.6) is 0 Å². The summed E-state index contributed by atoms with van der Waals surface area (Å²) in [6, 6.07) is 15.6. The molecule has 172 valence electrons. The highest BCUT2D eigenvalue weighted by Crippen LogP contribution is 2.32. The van der Waals surface area contributed by atoms with E-state index in [0.717, 1.165) is 10.3 Å². The molecular weight excluding hydrogens is 438 g/mol. The average Bonchev–Trinajstić information content (AvgIpc) is 2.85. The highest BCUT2D eigenvalue weighted by atomic mass is 16.5. The van der Waals surface area contributed by atoms with Gasteiger partial charge in [0, 0.05) is 23.1 Å². The minimum atomic E-state index is -0.790. The number of anilines is 1. The lowest BCUT2D eigenvalue weighted by molar-refractivity contribution is -0.123. The van der Waals surface area contributed by atoms with Crippen LogP contribution in [0.4, 0.5) is 10.5 Å². The zero-order chi connectivity index (χ0) is 24.2. The Labute approximate surface area is 194 Å². The van der Waals surface area contributed by atoms with Gasteiger partial charge in [-0.25, -0.2) is 14.5 Å². The summed E-state index contributed by atoms with van der Waals surface area (Å²) in [7, 11) is 0. The number of rotatable bonds is 6. The SMILES string of the molecule is CCCNC(=O)NC(=O)COC(=O)c1ccc(N2C(=O)c3cccc4cccc(c34)C2=O)cc1. The van der Waals surface area contributed by atoms with Crippen molar-refractivity contribution in [1.29, 1.82) is 0 Å². The second-order valence-electron chi connectivity index (χ2n) is 7.58. The monoisotopic (exact) mass is 459 g/mol. The lowest BCUT2D eigenvalue weighted by Crippen LogP contribution is -2.41. The molecule has 3 aromatic carbocycles. The molecule has 0 saturated heterocycles. The summed E-state index contributed by atoms with van der Waals surface area (Å²) in [5.41, 5.74) is 1.25. The molecule has 0 aromatic heterocycles. The minimum absolute atomic E-state index is 0.117. The van der Waals surface area contributed by atoms with Crippen LogP contribution >= 0.6 is 0 Å². The lowest BCUT2D eigenvalue weighted by Gasteiger charge is -2.27. The molecule has 0 fully saturated rings. The van der Waals surface area contributed by atoms with E-state index in [4.69, 9.17) is 4.74 Å². The average molecular weight is 459 g/mol. The second kappa shape index (κ2) is 9.53. The van der Waals surface area contributed by atoms with Crippen molar-refractivity contribution in [2.24, 2.45) is 0 Å². The number of hydrogen-bond acceptors (Lipinski definition) is 6. The number of carbonyl (C=O) groups excluding carboxylic acids is 5. The van der Waals surface area contributed by atoms with E-state index in [-0.39, 0.29) is 5.56 Å². The molecule has 9 nitrogen and oxygen atoms in total. The Kier molecular flexibility index (Phi) is 6.35. The van der Waals surface area contributed by atoms with Crippen molar-refractivity contribution in [3.8, 4) is 0 Å². The smallest absolute Gasteiger partial charge is 0.338 e. The first-order chi connectivity index (χ1) is 16.4. The van der Waals surface area contributed by atoms with E-state index in [1.165, 1.54) is 24.3 Å². The molecule has 0 aliphatic carbocycles. The van der Waals surface area contributed by atoms with E-state index in [9.17, 15) is 24.0 Å². The molecule has 0 atom stereocenters. The molecule has 0 unspecified atom stereocenters. The third kappa shape index (κ3) is 4.36. The maximum atomic E-state index is 13.1. The molecule has 4 rings (SSSR count). The topological polar surface area (TPSA) is 122 Å². The van der Waals surface area contributed by atoms with Crippen LogP contribution in [-0.2, 0) is 9.53 Å². The third-order valence-electron chi connectivity index (χ3n) is 5.26. The molecule has 2 N–H and O–H groups in total. The Bertz CT molecular complexity index is 1270. The van der Waals surface area contributed by atoms with Gasteiger partial charge in [0.2, 0.25) is 0 Å². The summed E-state index contributed by atoms with van der Waals surface area (Å²) in [5, 5.41) is 5.95. The molecule has 1 aliphatic rings. The van der Waals surface area contributed by atoms with E-state index in [1.807, 2.05) is 19.1 Å². The minimum Gasteiger partial charge on any atom is -0.452 e. The number of nitrogens with one attached hydrogen (secondary N) is 2. The van der Waals surface area contributed by atoms with E-state index < -0.39 is 36.3 Å². The van der Waals surface area contributed by atoms with Crippen molar-refractivity contribution in [3.63, 3.8) is 0 Å². The number of benzene rings is 3. The Morgan fingerprint density at radius 1 is 0.882 bits per heavy atom. The van der Waals surface area contributed by atoms with Gasteiger partial charge in [-0.3, -0.25) is 19.7 Å². The Balaban J connectivity index is 1.45. The lowest BCUT2D eigenvalue weighted by atomic mass is 9.94. The van der Waals surface area contributed by atoms with Crippen LogP contribution in [0.15, 0.2) is 60.7 Å². The maximum absolute atomic E-state index is 13.1. The number of nitrogens with zero attached hydrogens (tertiary/aromatic N) is 1. The molecule has 5 amide bonds. The number of carbonyl (C=O) groups is 5. The van der Waals surface area contributed by atoms with Crippen LogP contribution in [0, 0.1) is 0 Å². The van der Waals surface area contributed by atoms with Gasteiger partial charge in [0.25, 0.3) is 17.7 Å². The number of amides is 5. The number of imide groups is 2. The molecule has 0 bridgehead atoms. The maximum Gasteiger partial charge on any atom is 0.338 e.